The molecule has 7 heterocycles. The van der Waals surface area contributed by atoms with Gasteiger partial charge in [0.15, 0.2) is 0 Å². The second kappa shape index (κ2) is 10.5. The SMILES string of the molecule is c1ccc(-n2c3cc(-c4cnc5oc6ncc(-c7ccc8c9nnncc9n(-c9ccccc9)c8c7)cc6c5c4)ccc3c3nnncc32)cc1. The maximum absolute atomic E-state index is 6.13. The number of rotatable bonds is 4. The Balaban J connectivity index is 1.07. The molecule has 0 unspecified atom stereocenters. The Bertz CT molecular complexity index is 2940. The van der Waals surface area contributed by atoms with Crippen LogP contribution in [0.2, 0.25) is 0 Å². The molecule has 0 saturated carbocycles. The Morgan fingerprint density at radius 3 is 1.35 bits per heavy atom. The monoisotopic (exact) mass is 658 g/mol. The van der Waals surface area contributed by atoms with Crippen molar-refractivity contribution in [3.05, 3.63) is 134 Å². The van der Waals surface area contributed by atoms with Crippen LogP contribution in [0.4, 0.5) is 0 Å². The van der Waals surface area contributed by atoms with Gasteiger partial charge in [0.05, 0.1) is 45.2 Å². The lowest BCUT2D eigenvalue weighted by Crippen LogP contribution is -1.95. The Labute approximate surface area is 287 Å². The molecule has 0 bridgehead atoms. The minimum Gasteiger partial charge on any atom is -0.419 e. The van der Waals surface area contributed by atoms with Gasteiger partial charge in [0, 0.05) is 45.7 Å². The van der Waals surface area contributed by atoms with E-state index in [9.17, 15) is 0 Å². The summed E-state index contributed by atoms with van der Waals surface area (Å²) in [4.78, 5) is 9.49. The third-order valence-corrected chi connectivity index (χ3v) is 9.59. The van der Waals surface area contributed by atoms with Crippen LogP contribution in [0.25, 0.3) is 99.7 Å². The number of fused-ring (bicyclic) bond motifs is 9. The lowest BCUT2D eigenvalue weighted by molar-refractivity contribution is 0.640. The lowest BCUT2D eigenvalue weighted by atomic mass is 10.0. The average molecular weight is 659 g/mol. The third kappa shape index (κ3) is 4.12. The summed E-state index contributed by atoms with van der Waals surface area (Å²) in [5.74, 6) is 0. The first kappa shape index (κ1) is 27.5. The summed E-state index contributed by atoms with van der Waals surface area (Å²) in [5.41, 5.74) is 12.4. The number of para-hydroxylation sites is 2. The summed E-state index contributed by atoms with van der Waals surface area (Å²) in [7, 11) is 0. The van der Waals surface area contributed by atoms with Crippen molar-refractivity contribution in [3.63, 3.8) is 0 Å². The van der Waals surface area contributed by atoms with Crippen molar-refractivity contribution in [2.24, 2.45) is 0 Å². The van der Waals surface area contributed by atoms with Crippen LogP contribution in [0.5, 0.6) is 0 Å². The average Bonchev–Trinajstić information content (AvgIpc) is 3.85. The summed E-state index contributed by atoms with van der Waals surface area (Å²) >= 11 is 0. The van der Waals surface area contributed by atoms with Crippen LogP contribution >= 0.6 is 0 Å². The number of hydrogen-bond acceptors (Lipinski definition) is 9. The number of benzene rings is 4. The van der Waals surface area contributed by atoms with Crippen LogP contribution in [0.1, 0.15) is 0 Å². The van der Waals surface area contributed by atoms with Crippen molar-refractivity contribution in [1.82, 2.24) is 49.9 Å². The molecule has 0 fully saturated rings. The number of pyridine rings is 2. The first-order valence-corrected chi connectivity index (χ1v) is 16.3. The van der Waals surface area contributed by atoms with Gasteiger partial charge in [-0.1, -0.05) is 48.5 Å². The molecular weight excluding hydrogens is 637 g/mol. The van der Waals surface area contributed by atoms with Gasteiger partial charge in [-0.15, -0.1) is 20.4 Å². The molecule has 51 heavy (non-hydrogen) atoms. The zero-order valence-electron chi connectivity index (χ0n) is 26.6. The summed E-state index contributed by atoms with van der Waals surface area (Å²) in [6.07, 6.45) is 7.21. The van der Waals surface area contributed by atoms with Gasteiger partial charge < -0.3 is 13.6 Å². The van der Waals surface area contributed by atoms with E-state index in [1.165, 1.54) is 0 Å². The van der Waals surface area contributed by atoms with Gasteiger partial charge in [-0.05, 0) is 82.2 Å². The fourth-order valence-corrected chi connectivity index (χ4v) is 7.26. The van der Waals surface area contributed by atoms with E-state index in [0.717, 1.165) is 88.3 Å². The van der Waals surface area contributed by atoms with Gasteiger partial charge in [0.2, 0.25) is 11.4 Å². The van der Waals surface area contributed by atoms with E-state index < -0.39 is 0 Å². The van der Waals surface area contributed by atoms with Crippen LogP contribution in [0.15, 0.2) is 138 Å². The molecule has 0 aliphatic rings. The van der Waals surface area contributed by atoms with Crippen molar-refractivity contribution in [2.45, 2.75) is 0 Å². The van der Waals surface area contributed by atoms with E-state index in [4.69, 9.17) is 14.4 Å². The smallest absolute Gasteiger partial charge is 0.229 e. The van der Waals surface area contributed by atoms with E-state index in [2.05, 4.69) is 113 Å². The van der Waals surface area contributed by atoms with Gasteiger partial charge in [-0.25, -0.2) is 9.97 Å². The number of hydrogen-bond donors (Lipinski definition) is 0. The van der Waals surface area contributed by atoms with Gasteiger partial charge >= 0.3 is 0 Å². The third-order valence-electron chi connectivity index (χ3n) is 9.59. The molecule has 11 nitrogen and oxygen atoms in total. The lowest BCUT2D eigenvalue weighted by Gasteiger charge is -2.08. The molecule has 0 radical (unpaired) electrons. The highest BCUT2D eigenvalue weighted by Crippen LogP contribution is 2.37. The molecule has 0 aliphatic carbocycles. The Morgan fingerprint density at radius 1 is 0.412 bits per heavy atom. The molecule has 0 amide bonds. The molecule has 11 heteroatoms. The molecule has 238 valence electrons. The normalized spacial score (nSPS) is 11.9. The Hall–Kier alpha value is -7.40. The molecule has 0 N–H and O–H groups in total. The summed E-state index contributed by atoms with van der Waals surface area (Å²) in [6.45, 7) is 0. The zero-order valence-corrected chi connectivity index (χ0v) is 26.6. The molecular formula is C40H22N10O. The standard InChI is InChI=1S/C40H22N10O/c1-3-7-27(8-4-1)49-33-17-23(11-13-29(33)37-35(49)21-43-47-45-37)25-15-31-32-16-26(20-42-40(32)51-39(31)41-19-25)24-12-14-30-34(18-24)50(28-9-5-2-6-10-28)36-22-44-48-46-38(30)36/h1-22H. The van der Waals surface area contributed by atoms with Crippen molar-refractivity contribution in [1.29, 1.82) is 0 Å². The quantitative estimate of drug-likeness (QED) is 0.184. The highest BCUT2D eigenvalue weighted by Gasteiger charge is 2.18. The van der Waals surface area contributed by atoms with E-state index in [1.807, 2.05) is 48.8 Å². The molecule has 4 aromatic carbocycles. The van der Waals surface area contributed by atoms with Crippen LogP contribution < -0.4 is 0 Å². The van der Waals surface area contributed by atoms with E-state index in [0.29, 0.717) is 11.4 Å². The van der Waals surface area contributed by atoms with Crippen molar-refractivity contribution < 1.29 is 4.42 Å². The van der Waals surface area contributed by atoms with Gasteiger partial charge in [0.1, 0.15) is 11.0 Å². The molecule has 7 aromatic heterocycles. The molecule has 0 aliphatic heterocycles. The largest absolute Gasteiger partial charge is 0.419 e. The fourth-order valence-electron chi connectivity index (χ4n) is 7.26. The van der Waals surface area contributed by atoms with E-state index >= 15 is 0 Å². The summed E-state index contributed by atoms with van der Waals surface area (Å²) in [6, 6.07) is 37.4. The second-order valence-corrected chi connectivity index (χ2v) is 12.4. The predicted octanol–water partition coefficient (Wildman–Crippen LogP) is 8.27. The summed E-state index contributed by atoms with van der Waals surface area (Å²) < 4.78 is 10.5. The minimum atomic E-state index is 0.532. The number of furan rings is 1. The molecule has 0 atom stereocenters. The Kier molecular flexibility index (Phi) is 5.70. The predicted molar refractivity (Wildman–Crippen MR) is 196 cm³/mol. The first-order chi connectivity index (χ1) is 25.3. The summed E-state index contributed by atoms with van der Waals surface area (Å²) in [5, 5.41) is 28.6. The van der Waals surface area contributed by atoms with Crippen LogP contribution in [0.3, 0.4) is 0 Å². The van der Waals surface area contributed by atoms with Crippen molar-refractivity contribution in [2.75, 3.05) is 0 Å². The maximum atomic E-state index is 6.13. The molecule has 11 aromatic rings. The van der Waals surface area contributed by atoms with Gasteiger partial charge in [-0.2, -0.15) is 0 Å². The van der Waals surface area contributed by atoms with Gasteiger partial charge in [-0.3, -0.25) is 0 Å². The highest BCUT2D eigenvalue weighted by atomic mass is 16.3. The van der Waals surface area contributed by atoms with Crippen LogP contribution in [-0.4, -0.2) is 49.9 Å². The van der Waals surface area contributed by atoms with E-state index in [1.54, 1.807) is 12.4 Å². The first-order valence-electron chi connectivity index (χ1n) is 16.3. The number of nitrogens with zero attached hydrogens (tertiary/aromatic N) is 10. The van der Waals surface area contributed by atoms with E-state index in [-0.39, 0.29) is 0 Å². The second-order valence-electron chi connectivity index (χ2n) is 12.4. The molecule has 11 rings (SSSR count). The van der Waals surface area contributed by atoms with Crippen LogP contribution in [-0.2, 0) is 0 Å². The van der Waals surface area contributed by atoms with Gasteiger partial charge in [0.25, 0.3) is 0 Å². The molecule has 0 spiro atoms. The van der Waals surface area contributed by atoms with Crippen molar-refractivity contribution >= 4 is 66.1 Å². The zero-order chi connectivity index (χ0) is 33.5. The highest BCUT2D eigenvalue weighted by molar-refractivity contribution is 6.10. The number of aromatic nitrogens is 10. The Morgan fingerprint density at radius 2 is 0.882 bits per heavy atom. The fraction of sp³-hybridized carbons (Fsp3) is 0. The topological polar surface area (TPSA) is 126 Å². The van der Waals surface area contributed by atoms with Crippen molar-refractivity contribution in [3.8, 4) is 33.6 Å². The maximum Gasteiger partial charge on any atom is 0.229 e. The molecule has 0 saturated heterocycles. The minimum absolute atomic E-state index is 0.532. The van der Waals surface area contributed by atoms with Crippen LogP contribution in [0, 0.1) is 0 Å².